The number of hydrogen-bond acceptors (Lipinski definition) is 6. The molecule has 5 atom stereocenters. The van der Waals surface area contributed by atoms with Gasteiger partial charge >= 0.3 is 5.97 Å². The highest BCUT2D eigenvalue weighted by Crippen LogP contribution is 2.58. The number of rotatable bonds is 8. The lowest BCUT2D eigenvalue weighted by atomic mass is 9.73. The Balaban J connectivity index is 1.58. The summed E-state index contributed by atoms with van der Waals surface area (Å²) in [6.07, 6.45) is 11.6. The summed E-state index contributed by atoms with van der Waals surface area (Å²) >= 11 is 6.10. The third kappa shape index (κ3) is 4.36. The summed E-state index contributed by atoms with van der Waals surface area (Å²) in [7, 11) is 0. The average Bonchev–Trinajstić information content (AvgIpc) is 3.25. The third-order valence-electron chi connectivity index (χ3n) is 8.35. The van der Waals surface area contributed by atoms with Gasteiger partial charge in [0.15, 0.2) is 0 Å². The van der Waals surface area contributed by atoms with Gasteiger partial charge in [-0.1, -0.05) is 55.7 Å². The predicted molar refractivity (Wildman–Crippen MR) is 143 cm³/mol. The van der Waals surface area contributed by atoms with Gasteiger partial charge in [-0.05, 0) is 49.9 Å². The molecule has 1 unspecified atom stereocenters. The minimum Gasteiger partial charge on any atom is -0.465 e. The van der Waals surface area contributed by atoms with E-state index in [2.05, 4.69) is 0 Å². The molecular weight excluding hydrogens is 508 g/mol. The number of cyclic esters (lactones) is 1. The maximum atomic E-state index is 14.4. The molecule has 0 radical (unpaired) electrons. The Bertz CT molecular complexity index is 1140. The van der Waals surface area contributed by atoms with Crippen LogP contribution in [0.3, 0.4) is 0 Å². The summed E-state index contributed by atoms with van der Waals surface area (Å²) in [5, 5.41) is 9.70. The van der Waals surface area contributed by atoms with Crippen LogP contribution in [0.4, 0.5) is 5.69 Å². The van der Waals surface area contributed by atoms with Crippen molar-refractivity contribution in [2.45, 2.75) is 62.7 Å². The fraction of sp³-hybridized carbons (Fsp3) is 0.552. The lowest BCUT2D eigenvalue weighted by molar-refractivity contribution is -0.160. The molecule has 4 heterocycles. The van der Waals surface area contributed by atoms with Gasteiger partial charge in [-0.15, -0.1) is 0 Å². The van der Waals surface area contributed by atoms with Crippen molar-refractivity contribution in [1.82, 2.24) is 4.90 Å². The van der Waals surface area contributed by atoms with E-state index in [1.54, 1.807) is 34.1 Å². The summed E-state index contributed by atoms with van der Waals surface area (Å²) in [6, 6.07) is 6.12. The summed E-state index contributed by atoms with van der Waals surface area (Å²) < 4.78 is 12.5. The molecule has 1 aromatic carbocycles. The first kappa shape index (κ1) is 26.9. The van der Waals surface area contributed by atoms with Gasteiger partial charge in [-0.25, -0.2) is 0 Å². The Kier molecular flexibility index (Phi) is 7.67. The van der Waals surface area contributed by atoms with Crippen LogP contribution in [0.5, 0.6) is 0 Å². The molecule has 0 bridgehead atoms. The molecule has 38 heavy (non-hydrogen) atoms. The topological polar surface area (TPSA) is 96.4 Å². The van der Waals surface area contributed by atoms with Crippen molar-refractivity contribution >= 4 is 35.1 Å². The number of benzene rings is 1. The van der Waals surface area contributed by atoms with Crippen molar-refractivity contribution in [3.05, 3.63) is 53.6 Å². The lowest BCUT2D eigenvalue weighted by Crippen LogP contribution is -2.56. The summed E-state index contributed by atoms with van der Waals surface area (Å²) in [4.78, 5) is 45.3. The van der Waals surface area contributed by atoms with Crippen LogP contribution < -0.4 is 4.90 Å². The van der Waals surface area contributed by atoms with Crippen LogP contribution in [0, 0.1) is 11.8 Å². The molecule has 2 saturated heterocycles. The highest BCUT2D eigenvalue weighted by Gasteiger charge is 2.75. The Morgan fingerprint density at radius 3 is 2.50 bits per heavy atom. The van der Waals surface area contributed by atoms with Gasteiger partial charge in [-0.2, -0.15) is 0 Å². The van der Waals surface area contributed by atoms with Gasteiger partial charge < -0.3 is 24.4 Å². The minimum atomic E-state index is -1.30. The molecule has 4 aliphatic rings. The van der Waals surface area contributed by atoms with E-state index in [4.69, 9.17) is 26.2 Å². The number of aliphatic hydroxyl groups excluding tert-OH is 1. The normalized spacial score (nSPS) is 32.4. The molecule has 0 aromatic heterocycles. The first-order valence-electron chi connectivity index (χ1n) is 13.6. The summed E-state index contributed by atoms with van der Waals surface area (Å²) in [5.74, 6) is -2.67. The Labute approximate surface area is 228 Å². The van der Waals surface area contributed by atoms with E-state index in [0.29, 0.717) is 49.5 Å². The maximum Gasteiger partial charge on any atom is 0.313 e. The number of carbonyl (C=O) groups excluding carboxylic acids is 3. The SMILES string of the molecule is CC[C@@]12C=CCCOC(=O)[C@@H]1[C@H]1C(=O)N(CCCCCCO)C3C(=O)N(c4ccc(Cl)cc4)CC=C[C@@]31O2. The number of amides is 2. The standard InChI is InChI=1S/C29H35ClN2O6/c1-2-28-14-5-8-19-37-27(36)23(28)22-25(34)32(16-6-3-4-7-18-33)24-26(35)31(17-9-15-29(22,24)38-28)21-12-10-20(30)11-13-21/h5,9-15,22-24,33H,2-4,6-8,16-19H2,1H3/t22-,23-,24?,28+,29-/m0/s1. The number of unbranched alkanes of at least 4 members (excludes halogenated alkanes) is 3. The number of halogens is 1. The van der Waals surface area contributed by atoms with E-state index in [0.717, 1.165) is 12.8 Å². The van der Waals surface area contributed by atoms with Crippen LogP contribution in [0.15, 0.2) is 48.6 Å². The average molecular weight is 543 g/mol. The molecule has 9 heteroatoms. The van der Waals surface area contributed by atoms with E-state index in [1.807, 2.05) is 31.2 Å². The van der Waals surface area contributed by atoms with Crippen molar-refractivity contribution in [2.24, 2.45) is 11.8 Å². The molecule has 0 aliphatic carbocycles. The number of carbonyl (C=O) groups is 3. The van der Waals surface area contributed by atoms with E-state index < -0.39 is 35.0 Å². The van der Waals surface area contributed by atoms with Crippen LogP contribution in [0.1, 0.15) is 45.4 Å². The third-order valence-corrected chi connectivity index (χ3v) is 8.60. The smallest absolute Gasteiger partial charge is 0.313 e. The zero-order valence-corrected chi connectivity index (χ0v) is 22.4. The maximum absolute atomic E-state index is 14.4. The van der Waals surface area contributed by atoms with Crippen molar-refractivity contribution < 1.29 is 29.0 Å². The van der Waals surface area contributed by atoms with Crippen molar-refractivity contribution in [3.8, 4) is 0 Å². The minimum absolute atomic E-state index is 0.125. The van der Waals surface area contributed by atoms with Crippen molar-refractivity contribution in [3.63, 3.8) is 0 Å². The van der Waals surface area contributed by atoms with Gasteiger partial charge in [0.05, 0.1) is 12.5 Å². The zero-order chi connectivity index (χ0) is 26.9. The summed E-state index contributed by atoms with van der Waals surface area (Å²) in [5.41, 5.74) is -1.66. The number of aliphatic hydroxyl groups is 1. The Morgan fingerprint density at radius 2 is 1.76 bits per heavy atom. The molecule has 0 saturated carbocycles. The van der Waals surface area contributed by atoms with Crippen LogP contribution in [0.25, 0.3) is 0 Å². The number of anilines is 1. The fourth-order valence-corrected chi connectivity index (χ4v) is 6.69. The number of likely N-dealkylation sites (tertiary alicyclic amines) is 1. The second kappa shape index (κ2) is 10.8. The van der Waals surface area contributed by atoms with Gasteiger partial charge in [0.1, 0.15) is 23.2 Å². The Hall–Kier alpha value is -2.68. The van der Waals surface area contributed by atoms with E-state index >= 15 is 0 Å². The van der Waals surface area contributed by atoms with E-state index in [-0.39, 0.29) is 25.0 Å². The molecule has 8 nitrogen and oxygen atoms in total. The van der Waals surface area contributed by atoms with Crippen molar-refractivity contribution in [2.75, 3.05) is 31.2 Å². The second-order valence-electron chi connectivity index (χ2n) is 10.5. The quantitative estimate of drug-likeness (QED) is 0.306. The number of hydrogen-bond donors (Lipinski definition) is 1. The second-order valence-corrected chi connectivity index (χ2v) is 10.9. The highest BCUT2D eigenvalue weighted by molar-refractivity contribution is 6.30. The summed E-state index contributed by atoms with van der Waals surface area (Å²) in [6.45, 7) is 2.97. The van der Waals surface area contributed by atoms with E-state index in [9.17, 15) is 14.4 Å². The molecular formula is C29H35ClN2O6. The fourth-order valence-electron chi connectivity index (χ4n) is 6.57. The van der Waals surface area contributed by atoms with Crippen molar-refractivity contribution in [1.29, 1.82) is 0 Å². The van der Waals surface area contributed by atoms with Crippen LogP contribution >= 0.6 is 11.6 Å². The molecule has 2 amide bonds. The number of fused-ring (bicyclic) bond motifs is 2. The molecule has 4 aliphatic heterocycles. The van der Waals surface area contributed by atoms with Gasteiger partial charge in [-0.3, -0.25) is 14.4 Å². The number of nitrogens with zero attached hydrogens (tertiary/aromatic N) is 2. The van der Waals surface area contributed by atoms with Crippen LogP contribution in [-0.2, 0) is 23.9 Å². The van der Waals surface area contributed by atoms with E-state index in [1.165, 1.54) is 0 Å². The molecule has 1 spiro atoms. The Morgan fingerprint density at radius 1 is 1.00 bits per heavy atom. The van der Waals surface area contributed by atoms with Gasteiger partial charge in [0.25, 0.3) is 5.91 Å². The molecule has 1 N–H and O–H groups in total. The monoisotopic (exact) mass is 542 g/mol. The molecule has 5 rings (SSSR count). The predicted octanol–water partition coefficient (Wildman–Crippen LogP) is 3.66. The zero-order valence-electron chi connectivity index (χ0n) is 21.7. The molecule has 2 fully saturated rings. The van der Waals surface area contributed by atoms with Crippen LogP contribution in [0.2, 0.25) is 5.02 Å². The van der Waals surface area contributed by atoms with Gasteiger partial charge in [0.2, 0.25) is 5.91 Å². The lowest BCUT2D eigenvalue weighted by Gasteiger charge is -2.38. The van der Waals surface area contributed by atoms with Gasteiger partial charge in [0, 0.05) is 30.4 Å². The largest absolute Gasteiger partial charge is 0.465 e. The number of ether oxygens (including phenoxy) is 2. The molecule has 204 valence electrons. The first-order chi connectivity index (χ1) is 18.4. The molecule has 1 aromatic rings. The number of esters is 1. The highest BCUT2D eigenvalue weighted by atomic mass is 35.5. The first-order valence-corrected chi connectivity index (χ1v) is 14.0. The van der Waals surface area contributed by atoms with Crippen LogP contribution in [-0.4, -0.2) is 71.3 Å².